The van der Waals surface area contributed by atoms with Gasteiger partial charge >= 0.3 is 12.8 Å². The van der Waals surface area contributed by atoms with Crippen LogP contribution in [-0.4, -0.2) is 82.1 Å². The summed E-state index contributed by atoms with van der Waals surface area (Å²) in [5.74, 6) is -0.416. The Bertz CT molecular complexity index is 1610. The lowest BCUT2D eigenvalue weighted by atomic mass is 9.82. The van der Waals surface area contributed by atoms with Crippen LogP contribution in [0.3, 0.4) is 0 Å². The molecule has 0 spiro atoms. The fraction of sp³-hybridized carbons (Fsp3) is 0.484. The first-order chi connectivity index (χ1) is 22.3. The number of piperazine rings is 1. The van der Waals surface area contributed by atoms with Gasteiger partial charge in [-0.2, -0.15) is 22.0 Å². The molecule has 5 rings (SSSR count). The third-order valence-electron chi connectivity index (χ3n) is 8.48. The van der Waals surface area contributed by atoms with E-state index in [1.165, 1.54) is 18.3 Å². The number of ether oxygens (including phenoxy) is 2. The van der Waals surface area contributed by atoms with E-state index in [0.29, 0.717) is 61.3 Å². The van der Waals surface area contributed by atoms with E-state index in [2.05, 4.69) is 15.0 Å². The van der Waals surface area contributed by atoms with Gasteiger partial charge in [0, 0.05) is 39.4 Å². The van der Waals surface area contributed by atoms with Crippen LogP contribution in [0.25, 0.3) is 0 Å². The number of carbonyl (C=O) groups excluding carboxylic acids is 1. The minimum Gasteiger partial charge on any atom is -0.381 e. The number of anilines is 1. The Morgan fingerprint density at radius 1 is 1.11 bits per heavy atom. The number of benzene rings is 2. The molecule has 256 valence electrons. The predicted octanol–water partition coefficient (Wildman–Crippen LogP) is 5.32. The Balaban J connectivity index is 1.30. The molecule has 0 aliphatic carbocycles. The highest BCUT2D eigenvalue weighted by atomic mass is 32.2. The minimum atomic E-state index is -4.44. The number of thiazole rings is 1. The van der Waals surface area contributed by atoms with Crippen LogP contribution in [0, 0.1) is 0 Å². The fourth-order valence-corrected chi connectivity index (χ4v) is 7.63. The summed E-state index contributed by atoms with van der Waals surface area (Å²) in [7, 11) is -3.39. The van der Waals surface area contributed by atoms with E-state index in [4.69, 9.17) is 4.74 Å². The maximum Gasteiger partial charge on any atom is 0.416 e. The van der Waals surface area contributed by atoms with Crippen LogP contribution in [0.15, 0.2) is 59.6 Å². The number of nitrogens with one attached hydrogen (secondary N) is 1. The van der Waals surface area contributed by atoms with Crippen LogP contribution >= 0.6 is 11.3 Å². The molecule has 3 heterocycles. The zero-order valence-electron chi connectivity index (χ0n) is 25.5. The molecule has 1 aromatic heterocycles. The van der Waals surface area contributed by atoms with Gasteiger partial charge in [-0.15, -0.1) is 0 Å². The molecule has 47 heavy (non-hydrogen) atoms. The molecule has 16 heteroatoms. The molecule has 2 saturated heterocycles. The van der Waals surface area contributed by atoms with Gasteiger partial charge in [-0.1, -0.05) is 42.5 Å². The molecule has 2 aliphatic heterocycles. The van der Waals surface area contributed by atoms with Crippen LogP contribution in [0.2, 0.25) is 0 Å². The number of hydrogen-bond donors (Lipinski definition) is 1. The fourth-order valence-electron chi connectivity index (χ4n) is 5.83. The van der Waals surface area contributed by atoms with Crippen molar-refractivity contribution in [2.24, 2.45) is 0 Å². The Morgan fingerprint density at radius 2 is 1.79 bits per heavy atom. The van der Waals surface area contributed by atoms with Crippen LogP contribution in [-0.2, 0) is 37.6 Å². The highest BCUT2D eigenvalue weighted by Crippen LogP contribution is 2.35. The second-order valence-corrected chi connectivity index (χ2v) is 14.7. The largest absolute Gasteiger partial charge is 0.416 e. The van der Waals surface area contributed by atoms with Crippen molar-refractivity contribution in [3.05, 3.63) is 76.3 Å². The molecular weight excluding hydrogens is 667 g/mol. The van der Waals surface area contributed by atoms with E-state index in [-0.39, 0.29) is 29.7 Å². The second-order valence-electron chi connectivity index (χ2n) is 11.5. The van der Waals surface area contributed by atoms with Crippen LogP contribution in [0.5, 0.6) is 0 Å². The lowest BCUT2D eigenvalue weighted by molar-refractivity contribution is -0.137. The van der Waals surface area contributed by atoms with E-state index < -0.39 is 39.8 Å². The number of aromatic nitrogens is 1. The van der Waals surface area contributed by atoms with Gasteiger partial charge < -0.3 is 19.7 Å². The van der Waals surface area contributed by atoms with Gasteiger partial charge in [0.15, 0.2) is 15.0 Å². The van der Waals surface area contributed by atoms with Gasteiger partial charge in [0.25, 0.3) is 5.91 Å². The van der Waals surface area contributed by atoms with E-state index >= 15 is 0 Å². The van der Waals surface area contributed by atoms with E-state index in [1.807, 2.05) is 9.80 Å². The molecule has 0 radical (unpaired) electrons. The molecule has 1 N–H and O–H groups in total. The highest BCUT2D eigenvalue weighted by Gasteiger charge is 2.38. The number of carbonyl (C=O) groups is 1. The third-order valence-corrected chi connectivity index (χ3v) is 11.3. The van der Waals surface area contributed by atoms with Crippen molar-refractivity contribution >= 4 is 32.2 Å². The van der Waals surface area contributed by atoms with Crippen molar-refractivity contribution in [2.45, 2.75) is 55.6 Å². The summed E-state index contributed by atoms with van der Waals surface area (Å²) in [6.45, 7) is 0.478. The smallest absolute Gasteiger partial charge is 0.381 e. The van der Waals surface area contributed by atoms with Gasteiger partial charge in [0.1, 0.15) is 4.88 Å². The van der Waals surface area contributed by atoms with E-state index in [9.17, 15) is 35.2 Å². The number of nitrogens with zero attached hydrogens (tertiary/aromatic N) is 3. The van der Waals surface area contributed by atoms with E-state index in [1.54, 1.807) is 31.2 Å². The van der Waals surface area contributed by atoms with Gasteiger partial charge in [0.05, 0.1) is 40.6 Å². The number of sulfone groups is 1. The summed E-state index contributed by atoms with van der Waals surface area (Å²) in [6, 6.07) is 10.8. The summed E-state index contributed by atoms with van der Waals surface area (Å²) in [4.78, 5) is 22.3. The van der Waals surface area contributed by atoms with Gasteiger partial charge in [-0.25, -0.2) is 13.4 Å². The molecule has 0 unspecified atom stereocenters. The standard InChI is InChI=1S/C31H35F5N4O5S2/c1-2-47(42,43)25-9-7-22(8-10-25)30(11-15-44-16-12-30)38-27(41)26-17-37-29(46-26)40-14-13-39(19-24(40)20-45-28(32)33)18-21-3-5-23(6-4-21)31(34,35)36/h3-10,17,24,28H,2,11-16,18-20H2,1H3,(H,38,41)/t24-/m0/s1. The Labute approximate surface area is 273 Å². The molecule has 9 nitrogen and oxygen atoms in total. The molecule has 0 bridgehead atoms. The van der Waals surface area contributed by atoms with Crippen molar-refractivity contribution in [1.82, 2.24) is 15.2 Å². The van der Waals surface area contributed by atoms with Gasteiger partial charge in [0.2, 0.25) is 0 Å². The average molecular weight is 703 g/mol. The third kappa shape index (κ3) is 8.46. The first kappa shape index (κ1) is 35.1. The number of rotatable bonds is 11. The zero-order valence-corrected chi connectivity index (χ0v) is 27.1. The monoisotopic (exact) mass is 702 g/mol. The predicted molar refractivity (Wildman–Crippen MR) is 165 cm³/mol. The Hall–Kier alpha value is -3.18. The lowest BCUT2D eigenvalue weighted by Crippen LogP contribution is -2.55. The molecule has 3 aromatic rings. The summed E-state index contributed by atoms with van der Waals surface area (Å²) < 4.78 is 99.9. The quantitative estimate of drug-likeness (QED) is 0.268. The number of halogens is 5. The zero-order chi connectivity index (χ0) is 33.8. The molecule has 2 fully saturated rings. The van der Waals surface area contributed by atoms with Gasteiger partial charge in [-0.3, -0.25) is 9.69 Å². The van der Waals surface area contributed by atoms with E-state index in [0.717, 1.165) is 29.0 Å². The maximum absolute atomic E-state index is 13.6. The van der Waals surface area contributed by atoms with Crippen molar-refractivity contribution < 1.29 is 44.6 Å². The molecule has 1 amide bonds. The Morgan fingerprint density at radius 3 is 2.40 bits per heavy atom. The van der Waals surface area contributed by atoms with Crippen LogP contribution < -0.4 is 10.2 Å². The first-order valence-electron chi connectivity index (χ1n) is 15.0. The first-order valence-corrected chi connectivity index (χ1v) is 17.5. The van der Waals surface area contributed by atoms with Crippen molar-refractivity contribution in [1.29, 1.82) is 0 Å². The average Bonchev–Trinajstić information content (AvgIpc) is 3.55. The summed E-state index contributed by atoms with van der Waals surface area (Å²) in [5.41, 5.74) is -0.147. The summed E-state index contributed by atoms with van der Waals surface area (Å²) in [5, 5.41) is 3.58. The topological polar surface area (TPSA) is 101 Å². The number of alkyl halides is 5. The number of amides is 1. The van der Waals surface area contributed by atoms with Crippen molar-refractivity contribution in [2.75, 3.05) is 50.1 Å². The summed E-state index contributed by atoms with van der Waals surface area (Å²) in [6.07, 6.45) is -2.07. The molecule has 0 saturated carbocycles. The van der Waals surface area contributed by atoms with Crippen molar-refractivity contribution in [3.63, 3.8) is 0 Å². The molecular formula is C31H35F5N4O5S2. The lowest BCUT2D eigenvalue weighted by Gasteiger charge is -2.41. The van der Waals surface area contributed by atoms with Crippen molar-refractivity contribution in [3.8, 4) is 0 Å². The molecule has 2 aromatic carbocycles. The second kappa shape index (κ2) is 14.5. The Kier molecular flexibility index (Phi) is 10.9. The molecule has 1 atom stereocenters. The highest BCUT2D eigenvalue weighted by molar-refractivity contribution is 7.91. The number of hydrogen-bond acceptors (Lipinski definition) is 9. The maximum atomic E-state index is 13.6. The van der Waals surface area contributed by atoms with Crippen LogP contribution in [0.4, 0.5) is 27.1 Å². The SMILES string of the molecule is CCS(=O)(=O)c1ccc(C2(NC(=O)c3cnc(N4CCN(Cc5ccc(C(F)(F)F)cc5)C[C@H]4COC(F)F)s3)CCOCC2)cc1. The van der Waals surface area contributed by atoms with Gasteiger partial charge in [-0.05, 0) is 48.2 Å². The normalized spacial score (nSPS) is 19.2. The van der Waals surface area contributed by atoms with Crippen LogP contribution in [0.1, 0.15) is 46.1 Å². The summed E-state index contributed by atoms with van der Waals surface area (Å²) >= 11 is 1.11. The minimum absolute atomic E-state index is 0.0287. The molecule has 2 aliphatic rings.